The number of hydrogen-bond donors (Lipinski definition) is 0. The number of thiazole rings is 1. The first-order valence-electron chi connectivity index (χ1n) is 7.62. The van der Waals surface area contributed by atoms with Gasteiger partial charge in [-0.1, -0.05) is 35.1 Å². The van der Waals surface area contributed by atoms with Crippen molar-refractivity contribution in [1.82, 2.24) is 9.88 Å². The Labute approximate surface area is 154 Å². The van der Waals surface area contributed by atoms with E-state index in [9.17, 15) is 4.79 Å². The maximum atomic E-state index is 12.9. The number of carbonyl (C=O) groups is 1. The van der Waals surface area contributed by atoms with E-state index in [4.69, 9.17) is 11.6 Å². The molecule has 0 atom stereocenters. The lowest BCUT2D eigenvalue weighted by atomic mass is 10.3. The van der Waals surface area contributed by atoms with E-state index in [2.05, 4.69) is 9.88 Å². The number of hydrogen-bond acceptors (Lipinski definition) is 5. The van der Waals surface area contributed by atoms with Crippen LogP contribution in [0, 0.1) is 0 Å². The van der Waals surface area contributed by atoms with Gasteiger partial charge in [-0.05, 0) is 51.3 Å². The molecule has 3 aromatic rings. The van der Waals surface area contributed by atoms with Crippen molar-refractivity contribution in [2.24, 2.45) is 0 Å². The molecule has 4 nitrogen and oxygen atoms in total. The molecule has 1 aromatic carbocycles. The molecular weight excluding hydrogens is 362 g/mol. The molecule has 126 valence electrons. The third-order valence-corrected chi connectivity index (χ3v) is 5.81. The highest BCUT2D eigenvalue weighted by Gasteiger charge is 2.22. The van der Waals surface area contributed by atoms with Gasteiger partial charge in [0.15, 0.2) is 5.13 Å². The van der Waals surface area contributed by atoms with Crippen LogP contribution in [0.2, 0.25) is 4.34 Å². The second kappa shape index (κ2) is 7.61. The number of amides is 1. The van der Waals surface area contributed by atoms with Crippen LogP contribution in [-0.2, 0) is 0 Å². The smallest absolute Gasteiger partial charge is 0.270 e. The van der Waals surface area contributed by atoms with Gasteiger partial charge in [-0.3, -0.25) is 9.69 Å². The van der Waals surface area contributed by atoms with Crippen molar-refractivity contribution in [3.63, 3.8) is 0 Å². The van der Waals surface area contributed by atoms with E-state index in [0.29, 0.717) is 15.8 Å². The third kappa shape index (κ3) is 3.95. The molecule has 0 bridgehead atoms. The van der Waals surface area contributed by atoms with Gasteiger partial charge in [-0.2, -0.15) is 0 Å². The van der Waals surface area contributed by atoms with Crippen molar-refractivity contribution < 1.29 is 4.79 Å². The average Bonchev–Trinajstić information content (AvgIpc) is 3.16. The molecule has 0 saturated heterocycles. The average molecular weight is 380 g/mol. The molecule has 0 aliphatic rings. The summed E-state index contributed by atoms with van der Waals surface area (Å²) in [4.78, 5) is 22.1. The fraction of sp³-hybridized carbons (Fsp3) is 0.294. The number of nitrogens with zero attached hydrogens (tertiary/aromatic N) is 3. The number of benzene rings is 1. The molecule has 1 amide bonds. The number of carbonyl (C=O) groups excluding carboxylic acids is 1. The molecule has 0 unspecified atom stereocenters. The molecule has 0 radical (unpaired) electrons. The molecule has 0 aliphatic carbocycles. The van der Waals surface area contributed by atoms with Crippen LogP contribution in [0.15, 0.2) is 36.4 Å². The monoisotopic (exact) mass is 379 g/mol. The number of thiophene rings is 1. The summed E-state index contributed by atoms with van der Waals surface area (Å²) in [6.07, 6.45) is 0.883. The van der Waals surface area contributed by atoms with Gasteiger partial charge in [0.25, 0.3) is 5.91 Å². The normalized spacial score (nSPS) is 11.3. The van der Waals surface area contributed by atoms with E-state index in [1.165, 1.54) is 11.3 Å². The summed E-state index contributed by atoms with van der Waals surface area (Å²) >= 11 is 8.85. The second-order valence-corrected chi connectivity index (χ2v) is 8.41. The summed E-state index contributed by atoms with van der Waals surface area (Å²) in [6.45, 7) is 1.55. The van der Waals surface area contributed by atoms with E-state index in [-0.39, 0.29) is 5.91 Å². The summed E-state index contributed by atoms with van der Waals surface area (Å²) in [5, 5.41) is 0.740. The fourth-order valence-corrected chi connectivity index (χ4v) is 4.35. The zero-order chi connectivity index (χ0) is 17.1. The molecule has 0 saturated carbocycles. The van der Waals surface area contributed by atoms with E-state index < -0.39 is 0 Å². The van der Waals surface area contributed by atoms with Gasteiger partial charge < -0.3 is 4.90 Å². The van der Waals surface area contributed by atoms with Crippen molar-refractivity contribution in [3.8, 4) is 0 Å². The zero-order valence-electron chi connectivity index (χ0n) is 13.5. The Kier molecular flexibility index (Phi) is 5.50. The van der Waals surface area contributed by atoms with E-state index in [1.807, 2.05) is 38.4 Å². The summed E-state index contributed by atoms with van der Waals surface area (Å²) < 4.78 is 1.71. The van der Waals surface area contributed by atoms with Crippen LogP contribution in [0.25, 0.3) is 10.2 Å². The van der Waals surface area contributed by atoms with Crippen molar-refractivity contribution in [2.45, 2.75) is 6.42 Å². The minimum absolute atomic E-state index is 0.0373. The Morgan fingerprint density at radius 2 is 1.92 bits per heavy atom. The van der Waals surface area contributed by atoms with Crippen LogP contribution >= 0.6 is 34.3 Å². The van der Waals surface area contributed by atoms with E-state index >= 15 is 0 Å². The third-order valence-electron chi connectivity index (χ3n) is 3.53. The summed E-state index contributed by atoms with van der Waals surface area (Å²) in [7, 11) is 4.06. The van der Waals surface area contributed by atoms with Gasteiger partial charge in [-0.25, -0.2) is 4.98 Å². The Hall–Kier alpha value is -1.47. The quantitative estimate of drug-likeness (QED) is 0.627. The first-order chi connectivity index (χ1) is 11.5. The number of aromatic nitrogens is 1. The number of halogens is 1. The minimum atomic E-state index is -0.0373. The van der Waals surface area contributed by atoms with Crippen LogP contribution in [0.1, 0.15) is 16.1 Å². The predicted molar refractivity (Wildman–Crippen MR) is 104 cm³/mol. The largest absolute Gasteiger partial charge is 0.309 e. The van der Waals surface area contributed by atoms with Crippen molar-refractivity contribution in [3.05, 3.63) is 45.6 Å². The zero-order valence-corrected chi connectivity index (χ0v) is 15.9. The molecule has 0 aliphatic heterocycles. The van der Waals surface area contributed by atoms with E-state index in [0.717, 1.165) is 28.3 Å². The molecular formula is C17H18ClN3OS2. The molecule has 2 aromatic heterocycles. The summed E-state index contributed by atoms with van der Waals surface area (Å²) in [5.74, 6) is -0.0373. The van der Waals surface area contributed by atoms with Gasteiger partial charge >= 0.3 is 0 Å². The van der Waals surface area contributed by atoms with Crippen molar-refractivity contribution in [2.75, 3.05) is 32.1 Å². The highest BCUT2D eigenvalue weighted by atomic mass is 35.5. The molecule has 0 N–H and O–H groups in total. The molecule has 3 rings (SSSR count). The molecule has 0 spiro atoms. The van der Waals surface area contributed by atoms with Crippen LogP contribution in [-0.4, -0.2) is 43.0 Å². The standard InChI is InChI=1S/C17H18ClN3OS2/c1-20(2)10-5-11-21(16(22)14-8-9-15(18)23-14)17-19-12-6-3-4-7-13(12)24-17/h3-4,6-9H,5,10-11H2,1-2H3. The molecule has 7 heteroatoms. The lowest BCUT2D eigenvalue weighted by Crippen LogP contribution is -2.32. The first-order valence-corrected chi connectivity index (χ1v) is 9.63. The fourth-order valence-electron chi connectivity index (χ4n) is 2.37. The van der Waals surface area contributed by atoms with E-state index in [1.54, 1.807) is 28.4 Å². The van der Waals surface area contributed by atoms with Gasteiger partial charge in [0.05, 0.1) is 19.4 Å². The lowest BCUT2D eigenvalue weighted by molar-refractivity contribution is 0.0990. The number of para-hydroxylation sites is 1. The minimum Gasteiger partial charge on any atom is -0.309 e. The summed E-state index contributed by atoms with van der Waals surface area (Å²) in [6, 6.07) is 11.5. The highest BCUT2D eigenvalue weighted by molar-refractivity contribution is 7.22. The van der Waals surface area contributed by atoms with Crippen molar-refractivity contribution >= 4 is 55.5 Å². The number of fused-ring (bicyclic) bond motifs is 1. The van der Waals surface area contributed by atoms with Crippen LogP contribution < -0.4 is 4.90 Å². The predicted octanol–water partition coefficient (Wildman–Crippen LogP) is 4.61. The molecule has 2 heterocycles. The van der Waals surface area contributed by atoms with Gasteiger partial charge in [-0.15, -0.1) is 11.3 Å². The highest BCUT2D eigenvalue weighted by Crippen LogP contribution is 2.31. The first kappa shape index (κ1) is 17.4. The van der Waals surface area contributed by atoms with Gasteiger partial charge in [0.2, 0.25) is 0 Å². The van der Waals surface area contributed by atoms with Crippen LogP contribution in [0.5, 0.6) is 0 Å². The Morgan fingerprint density at radius 1 is 1.12 bits per heavy atom. The topological polar surface area (TPSA) is 36.4 Å². The van der Waals surface area contributed by atoms with Crippen molar-refractivity contribution in [1.29, 1.82) is 0 Å². The SMILES string of the molecule is CN(C)CCCN(C(=O)c1ccc(Cl)s1)c1nc2ccccc2s1. The lowest BCUT2D eigenvalue weighted by Gasteiger charge is -2.20. The Morgan fingerprint density at radius 3 is 2.58 bits per heavy atom. The Bertz CT molecular complexity index is 810. The van der Waals surface area contributed by atoms with Crippen LogP contribution in [0.4, 0.5) is 5.13 Å². The van der Waals surface area contributed by atoms with Gasteiger partial charge in [0.1, 0.15) is 0 Å². The maximum Gasteiger partial charge on any atom is 0.270 e. The Balaban J connectivity index is 1.89. The second-order valence-electron chi connectivity index (χ2n) is 5.68. The maximum absolute atomic E-state index is 12.9. The number of anilines is 1. The molecule has 24 heavy (non-hydrogen) atoms. The molecule has 0 fully saturated rings. The number of rotatable bonds is 6. The summed E-state index contributed by atoms with van der Waals surface area (Å²) in [5.41, 5.74) is 0.923. The van der Waals surface area contributed by atoms with Gasteiger partial charge in [0, 0.05) is 6.54 Å². The van der Waals surface area contributed by atoms with Crippen LogP contribution in [0.3, 0.4) is 0 Å².